The first-order chi connectivity index (χ1) is 59.2. The number of aromatic nitrogens is 3. The van der Waals surface area contributed by atoms with E-state index in [1.54, 1.807) is 104 Å². The van der Waals surface area contributed by atoms with Gasteiger partial charge in [0.05, 0.1) is 24.7 Å². The van der Waals surface area contributed by atoms with Gasteiger partial charge in [0.15, 0.2) is 0 Å². The number of thioether (sulfide) groups is 1. The number of nitrogens with two attached hydrogens (primary N) is 6. The Hall–Kier alpha value is -12.6. The third-order valence-corrected chi connectivity index (χ3v) is 23.0. The summed E-state index contributed by atoms with van der Waals surface area (Å²) >= 11 is 0.733. The van der Waals surface area contributed by atoms with Gasteiger partial charge in [-0.3, -0.25) is 91.3 Å². The van der Waals surface area contributed by atoms with E-state index in [2.05, 4.69) is 63.5 Å². The largest absolute Gasteiger partial charge is 0.391 e. The minimum atomic E-state index is -1.99. The lowest BCUT2D eigenvalue weighted by Gasteiger charge is -2.36. The third-order valence-electron chi connectivity index (χ3n) is 22.0. The van der Waals surface area contributed by atoms with Gasteiger partial charge in [-0.05, 0) is 125 Å². The Kier molecular flexibility index (Phi) is 37.7. The van der Waals surface area contributed by atoms with Crippen LogP contribution in [-0.2, 0) is 120 Å². The number of fused-ring (bicyclic) bond motifs is 2. The van der Waals surface area contributed by atoms with Crippen molar-refractivity contribution in [3.05, 3.63) is 102 Å². The van der Waals surface area contributed by atoms with E-state index in [4.69, 9.17) is 34.4 Å². The highest BCUT2D eigenvalue weighted by Gasteiger charge is 2.43. The van der Waals surface area contributed by atoms with Crippen molar-refractivity contribution in [3.8, 4) is 0 Å². The Morgan fingerprint density at radius 2 is 1.03 bits per heavy atom. The van der Waals surface area contributed by atoms with Crippen LogP contribution in [-0.4, -0.2) is 252 Å². The summed E-state index contributed by atoms with van der Waals surface area (Å²) in [5, 5.41) is 41.3. The molecular weight excluding hydrogens is 1640 g/mol. The lowest BCUT2D eigenvalue weighted by atomic mass is 9.79. The maximum absolute atomic E-state index is 15.5. The topological polar surface area (TPSA) is 645 Å². The predicted molar refractivity (Wildman–Crippen MR) is 458 cm³/mol. The number of pyridine rings is 1. The van der Waals surface area contributed by atoms with Crippen LogP contribution >= 0.6 is 11.8 Å². The molecule has 1 aliphatic carbocycles. The van der Waals surface area contributed by atoms with Gasteiger partial charge < -0.3 is 117 Å². The molecule has 0 spiro atoms. The van der Waals surface area contributed by atoms with Gasteiger partial charge in [-0.15, -0.1) is 11.8 Å². The Morgan fingerprint density at radius 1 is 0.528 bits per heavy atom. The van der Waals surface area contributed by atoms with Crippen molar-refractivity contribution in [1.82, 2.24) is 82.4 Å². The van der Waals surface area contributed by atoms with Gasteiger partial charge in [0.1, 0.15) is 78.5 Å². The molecule has 125 heavy (non-hydrogen) atoms. The summed E-state index contributed by atoms with van der Waals surface area (Å²) in [6, 6.07) is -4.67. The molecule has 3 aromatic heterocycles. The molecule has 41 nitrogen and oxygen atoms in total. The van der Waals surface area contributed by atoms with Crippen LogP contribution in [0, 0.1) is 11.8 Å². The zero-order chi connectivity index (χ0) is 92.2. The molecule has 0 unspecified atom stereocenters. The predicted octanol–water partition coefficient (Wildman–Crippen LogP) is -4.64. The lowest BCUT2D eigenvalue weighted by molar-refractivity contribution is -0.145. The van der Waals surface area contributed by atoms with Gasteiger partial charge in [-0.25, -0.2) is 0 Å². The molecule has 680 valence electrons. The smallest absolute Gasteiger partial charge is 0.245 e. The van der Waals surface area contributed by atoms with Gasteiger partial charge in [-0.2, -0.15) is 0 Å². The Morgan fingerprint density at radius 3 is 1.55 bits per heavy atom. The number of para-hydroxylation sites is 2. The van der Waals surface area contributed by atoms with Crippen molar-refractivity contribution in [2.75, 3.05) is 32.1 Å². The number of carbonyl (C=O) groups excluding carboxylic acids is 18. The van der Waals surface area contributed by atoms with Crippen LogP contribution < -0.4 is 92.9 Å². The van der Waals surface area contributed by atoms with Gasteiger partial charge >= 0.3 is 0 Å². The number of nitrogens with one attached hydrogen (secondary N) is 11. The quantitative estimate of drug-likeness (QED) is 0.0209. The van der Waals surface area contributed by atoms with Crippen molar-refractivity contribution in [2.45, 2.75) is 221 Å². The molecule has 1 aliphatic heterocycles. The zero-order valence-corrected chi connectivity index (χ0v) is 72.2. The van der Waals surface area contributed by atoms with Gasteiger partial charge in [-0.1, -0.05) is 62.7 Å². The van der Waals surface area contributed by atoms with Crippen LogP contribution in [0.3, 0.4) is 0 Å². The van der Waals surface area contributed by atoms with Gasteiger partial charge in [0.25, 0.3) is 0 Å². The number of benzene rings is 2. The fraction of sp³-hybridized carbons (Fsp3) is 0.530. The van der Waals surface area contributed by atoms with E-state index >= 15 is 28.8 Å². The molecule has 5 aromatic rings. The molecule has 42 heteroatoms. The van der Waals surface area contributed by atoms with Crippen LogP contribution in [0.1, 0.15) is 134 Å². The molecule has 14 atom stereocenters. The van der Waals surface area contributed by atoms with Crippen LogP contribution in [0.4, 0.5) is 0 Å². The van der Waals surface area contributed by atoms with Gasteiger partial charge in [0.2, 0.25) is 106 Å². The summed E-state index contributed by atoms with van der Waals surface area (Å²) in [6.07, 6.45) is 1.66. The Bertz CT molecular complexity index is 4750. The van der Waals surface area contributed by atoms with E-state index in [0.29, 0.717) is 70.6 Å². The summed E-state index contributed by atoms with van der Waals surface area (Å²) in [7, 11) is 5.78. The average molecular weight is 1760 g/mol. The number of unbranched alkanes of at least 4 members (excludes halogenated alkanes) is 1. The van der Waals surface area contributed by atoms with Crippen LogP contribution in [0.2, 0.25) is 0 Å². The molecule has 1 saturated heterocycles. The molecule has 2 aromatic carbocycles. The highest BCUT2D eigenvalue weighted by Crippen LogP contribution is 2.31. The maximum atomic E-state index is 15.5. The molecular formula is C83H118N22O19S. The van der Waals surface area contributed by atoms with Crippen molar-refractivity contribution in [1.29, 1.82) is 0 Å². The monoisotopic (exact) mass is 1760 g/mol. The lowest BCUT2D eigenvalue weighted by Crippen LogP contribution is -2.63. The average Bonchev–Trinajstić information content (AvgIpc) is 1.64. The number of likely N-dealkylation sites (N-methyl/N-ethyl adjacent to an activating group) is 2. The van der Waals surface area contributed by atoms with Crippen LogP contribution in [0.15, 0.2) is 85.5 Å². The minimum Gasteiger partial charge on any atom is -0.391 e. The molecule has 4 heterocycles. The fourth-order valence-corrected chi connectivity index (χ4v) is 15.7. The van der Waals surface area contributed by atoms with E-state index in [9.17, 15) is 62.6 Å². The summed E-state index contributed by atoms with van der Waals surface area (Å²) in [5.74, 6) is -21.1. The maximum Gasteiger partial charge on any atom is 0.245 e. The Balaban J connectivity index is 1.35. The number of primary amides is 5. The van der Waals surface area contributed by atoms with E-state index in [-0.39, 0.29) is 64.3 Å². The first-order valence-corrected chi connectivity index (χ1v) is 42.5. The number of hydrogen-bond donors (Lipinski definition) is 18. The number of aryl methyl sites for hydroxylation is 2. The summed E-state index contributed by atoms with van der Waals surface area (Å²) in [5.41, 5.74) is 36.8. The summed E-state index contributed by atoms with van der Waals surface area (Å²) < 4.78 is 3.51. The number of amides is 18. The normalized spacial score (nSPS) is 23.6. The van der Waals surface area contributed by atoms with Crippen LogP contribution in [0.25, 0.3) is 21.8 Å². The molecule has 18 amide bonds. The summed E-state index contributed by atoms with van der Waals surface area (Å²) in [6.45, 7) is 5.73. The van der Waals surface area contributed by atoms with Crippen LogP contribution in [0.5, 0.6) is 0 Å². The summed E-state index contributed by atoms with van der Waals surface area (Å²) in [4.78, 5) is 264. The van der Waals surface area contributed by atoms with E-state index < -0.39 is 234 Å². The third kappa shape index (κ3) is 29.0. The highest BCUT2D eigenvalue weighted by atomic mass is 32.2. The molecule has 0 bridgehead atoms. The second-order valence-electron chi connectivity index (χ2n) is 32.1. The van der Waals surface area contributed by atoms with Crippen molar-refractivity contribution in [2.24, 2.45) is 60.3 Å². The first kappa shape index (κ1) is 99.5. The number of rotatable bonds is 28. The number of nitrogens with zero attached hydrogens (tertiary/aromatic N) is 5. The first-order valence-electron chi connectivity index (χ1n) is 41.4. The standard InChI is InChI=1S/C83H118N22O19S/c1-43(2)68-79(120)97-56(35-49-40-103(6)60-28-12-10-23-51(49)60)74(115)100-69(45(4)106)80(121)93-53(25-16-29-63(85)107)72(113)98-58(76(117)92-52(71(89)112)24-13-14-31-84)41-125-42-67(111)91-44(3)82(123)104(7)61(33-46-19-18-32-90-38-46)77(118)96-57(36-65(87)109)75(116)101-70(47-20-15-21-47)81(122)94-54(26-17-30-64(86)108)83(124)105(8)62(37-66(88)110)78(119)95-55(73(114)99-68)34-48-39-102(5)59-27-11-9-22-50(48)59/h9-12,18-19,22-23,27-28,32,38-40,43-45,47,52-58,61-62,68-70,106H,13-17,20-21,24-26,29-31,33-37,41-42,84H2,1-8H3,(H2,85,107)(H2,86,108)(H2,87,109)(H2,88,110)(H2,89,112)(H,91,111)(H,92,117)(H,93,121)(H,94,122)(H,95,119)(H,96,118)(H,97,120)(H,98,113)(H,99,114)(H,100,115)(H,101,116)/t44-,45-,52-,53+,54+,55+,56+,57+,58+,61+,62+,68+,69+,70+/m1/s1. The molecule has 7 rings (SSSR count). The Labute approximate surface area is 726 Å². The fourth-order valence-electron chi connectivity index (χ4n) is 14.8. The van der Waals surface area contributed by atoms with E-state index in [1.165, 1.54) is 32.4 Å². The number of aliphatic hydroxyl groups excluding tert-OH is 1. The highest BCUT2D eigenvalue weighted by molar-refractivity contribution is 8.00. The van der Waals surface area contributed by atoms with Crippen molar-refractivity contribution < 1.29 is 91.4 Å². The minimum absolute atomic E-state index is 0.00700. The van der Waals surface area contributed by atoms with E-state index in [1.807, 2.05) is 0 Å². The molecule has 0 radical (unpaired) electrons. The second kappa shape index (κ2) is 47.3. The number of hydrogen-bond acceptors (Lipinski definition) is 22. The molecule has 2 fully saturated rings. The van der Waals surface area contributed by atoms with Crippen molar-refractivity contribution >= 4 is 140 Å². The van der Waals surface area contributed by atoms with Crippen molar-refractivity contribution in [3.63, 3.8) is 0 Å². The molecule has 24 N–H and O–H groups in total. The number of aliphatic hydroxyl groups is 1. The van der Waals surface area contributed by atoms with E-state index in [0.717, 1.165) is 35.5 Å². The second-order valence-corrected chi connectivity index (χ2v) is 33.1. The SMILES string of the molecule is CC(C)[C@@H]1NC(=O)[C@H](Cc2cn(C)c3ccccc23)NC(=O)[C@H](CC(N)=O)N(C)C(=O)[C@H](CCCC(N)=O)NC(=O)[C@H](C2CCC2)NC(=O)[C@H](CC(N)=O)NC(=O)[C@H](Cc2cccnc2)N(C)C(=O)[C@@H](C)NC(=O)CSC[C@@H](C(=O)N[C@H](CCCCN)C(N)=O)NC(=O)[C@H](CCCC(N)=O)NC(=O)[C@H]([C@@H](C)O)NC(=O)[C@H](Cc2cn(C)c3ccccc23)NC1=O. The molecule has 1 saturated carbocycles. The molecule has 2 aliphatic rings. The number of carbonyl (C=O) groups is 18. The zero-order valence-electron chi connectivity index (χ0n) is 71.4. The van der Waals surface area contributed by atoms with Gasteiger partial charge in [0, 0.05) is 113 Å².